The van der Waals surface area contributed by atoms with Crippen molar-refractivity contribution >= 4 is 15.9 Å². The molecule has 0 aliphatic carbocycles. The van der Waals surface area contributed by atoms with Crippen molar-refractivity contribution in [2.45, 2.75) is 11.8 Å². The zero-order valence-electron chi connectivity index (χ0n) is 11.1. The lowest BCUT2D eigenvalue weighted by Gasteiger charge is -2.01. The first-order valence-corrected chi connectivity index (χ1v) is 7.84. The van der Waals surface area contributed by atoms with Crippen molar-refractivity contribution < 1.29 is 12.8 Å². The second-order valence-corrected chi connectivity index (χ2v) is 6.58. The highest BCUT2D eigenvalue weighted by Gasteiger charge is 2.11. The number of halogens is 1. The van der Waals surface area contributed by atoms with Gasteiger partial charge < -0.3 is 0 Å². The van der Waals surface area contributed by atoms with Gasteiger partial charge in [-0.15, -0.1) is 0 Å². The van der Waals surface area contributed by atoms with Crippen LogP contribution in [-0.4, -0.2) is 14.2 Å². The van der Waals surface area contributed by atoms with Crippen molar-refractivity contribution in [3.05, 3.63) is 71.6 Å². The molecule has 2 nitrogen and oxygen atoms in total. The van der Waals surface area contributed by atoms with Crippen LogP contribution in [0.4, 0.5) is 4.39 Å². The highest BCUT2D eigenvalue weighted by atomic mass is 32.2. The number of benzene rings is 2. The summed E-state index contributed by atoms with van der Waals surface area (Å²) in [5.41, 5.74) is 1.79. The first kappa shape index (κ1) is 14.5. The van der Waals surface area contributed by atoms with Gasteiger partial charge in [0.25, 0.3) is 0 Å². The smallest absolute Gasteiger partial charge is 0.181 e. The summed E-state index contributed by atoms with van der Waals surface area (Å²) in [6.45, 7) is 1.91. The van der Waals surface area contributed by atoms with Gasteiger partial charge in [-0.25, -0.2) is 12.8 Å². The highest BCUT2D eigenvalue weighted by molar-refractivity contribution is 7.91. The fraction of sp³-hybridized carbons (Fsp3) is 0.125. The second-order valence-electron chi connectivity index (χ2n) is 4.55. The lowest BCUT2D eigenvalue weighted by atomic mass is 10.2. The largest absolute Gasteiger partial charge is 0.223 e. The van der Waals surface area contributed by atoms with Crippen LogP contribution < -0.4 is 0 Å². The third kappa shape index (κ3) is 3.78. The van der Waals surface area contributed by atoms with E-state index in [-0.39, 0.29) is 11.6 Å². The van der Waals surface area contributed by atoms with E-state index in [0.717, 1.165) is 11.1 Å². The van der Waals surface area contributed by atoms with Crippen LogP contribution in [0.3, 0.4) is 0 Å². The number of hydrogen-bond acceptors (Lipinski definition) is 2. The number of aryl methyl sites for hydroxylation is 1. The molecule has 0 aliphatic heterocycles. The van der Waals surface area contributed by atoms with E-state index in [4.69, 9.17) is 0 Å². The van der Waals surface area contributed by atoms with Gasteiger partial charge in [0.1, 0.15) is 5.82 Å². The standard InChI is InChI=1S/C16H15FO2S/c1-13-4-10-16(11-5-13)20(18,19)12-2-3-14-6-8-15(17)9-7-14/h2-11H,12H2,1H3. The monoisotopic (exact) mass is 290 g/mol. The molecule has 0 N–H and O–H groups in total. The van der Waals surface area contributed by atoms with Crippen molar-refractivity contribution in [1.29, 1.82) is 0 Å². The number of sulfone groups is 1. The molecular weight excluding hydrogens is 275 g/mol. The minimum absolute atomic E-state index is 0.0760. The molecule has 0 heterocycles. The predicted molar refractivity (Wildman–Crippen MR) is 78.7 cm³/mol. The molecule has 0 spiro atoms. The number of rotatable bonds is 4. The maximum atomic E-state index is 12.7. The summed E-state index contributed by atoms with van der Waals surface area (Å²) in [7, 11) is -3.32. The summed E-state index contributed by atoms with van der Waals surface area (Å²) in [4.78, 5) is 0.312. The molecule has 0 aromatic heterocycles. The van der Waals surface area contributed by atoms with E-state index < -0.39 is 9.84 Å². The molecule has 2 rings (SSSR count). The van der Waals surface area contributed by atoms with E-state index in [9.17, 15) is 12.8 Å². The molecule has 0 amide bonds. The van der Waals surface area contributed by atoms with Gasteiger partial charge in [-0.2, -0.15) is 0 Å². The summed E-state index contributed by atoms with van der Waals surface area (Å²) in [5, 5.41) is 0. The summed E-state index contributed by atoms with van der Waals surface area (Å²) in [6, 6.07) is 12.6. The molecule has 0 aliphatic rings. The first-order chi connectivity index (χ1) is 9.47. The van der Waals surface area contributed by atoms with E-state index in [1.54, 1.807) is 48.6 Å². The van der Waals surface area contributed by atoms with Gasteiger partial charge in [0.05, 0.1) is 10.6 Å². The maximum Gasteiger partial charge on any atom is 0.181 e. The van der Waals surface area contributed by atoms with E-state index in [1.165, 1.54) is 12.1 Å². The molecule has 0 bridgehead atoms. The van der Waals surface area contributed by atoms with Crippen LogP contribution in [0.1, 0.15) is 11.1 Å². The predicted octanol–water partition coefficient (Wildman–Crippen LogP) is 3.62. The molecule has 2 aromatic rings. The van der Waals surface area contributed by atoms with Crippen molar-refractivity contribution in [3.63, 3.8) is 0 Å². The lowest BCUT2D eigenvalue weighted by molar-refractivity contribution is 0.599. The maximum absolute atomic E-state index is 12.7. The number of hydrogen-bond donors (Lipinski definition) is 0. The molecule has 0 saturated carbocycles. The lowest BCUT2D eigenvalue weighted by Crippen LogP contribution is -2.04. The van der Waals surface area contributed by atoms with E-state index >= 15 is 0 Å². The first-order valence-electron chi connectivity index (χ1n) is 6.19. The van der Waals surface area contributed by atoms with Crippen LogP contribution in [0, 0.1) is 12.7 Å². The Bertz CT molecular complexity index is 699. The molecule has 0 saturated heterocycles. The van der Waals surface area contributed by atoms with Crippen LogP contribution in [0.2, 0.25) is 0 Å². The van der Waals surface area contributed by atoms with Crippen molar-refractivity contribution in [2.24, 2.45) is 0 Å². The fourth-order valence-electron chi connectivity index (χ4n) is 1.73. The zero-order valence-corrected chi connectivity index (χ0v) is 11.9. The third-order valence-corrected chi connectivity index (χ3v) is 4.50. The van der Waals surface area contributed by atoms with Gasteiger partial charge in [0, 0.05) is 0 Å². The van der Waals surface area contributed by atoms with Gasteiger partial charge in [-0.1, -0.05) is 42.0 Å². The molecule has 2 aromatic carbocycles. The Morgan fingerprint density at radius 1 is 1.00 bits per heavy atom. The average Bonchev–Trinajstić information content (AvgIpc) is 2.41. The van der Waals surface area contributed by atoms with Crippen LogP contribution in [0.5, 0.6) is 0 Å². The van der Waals surface area contributed by atoms with Crippen molar-refractivity contribution in [3.8, 4) is 0 Å². The molecule has 0 atom stereocenters. The Labute approximate surface area is 118 Å². The molecule has 4 heteroatoms. The Morgan fingerprint density at radius 3 is 2.20 bits per heavy atom. The molecule has 0 fully saturated rings. The normalized spacial score (nSPS) is 11.9. The third-order valence-electron chi connectivity index (χ3n) is 2.88. The van der Waals surface area contributed by atoms with Crippen LogP contribution in [0.15, 0.2) is 59.5 Å². The van der Waals surface area contributed by atoms with E-state index in [0.29, 0.717) is 4.90 Å². The molecule has 20 heavy (non-hydrogen) atoms. The Kier molecular flexibility index (Phi) is 4.35. The molecule has 0 unspecified atom stereocenters. The summed E-state index contributed by atoms with van der Waals surface area (Å²) in [6.07, 6.45) is 3.24. The van der Waals surface area contributed by atoms with Crippen LogP contribution in [-0.2, 0) is 9.84 Å². The molecule has 0 radical (unpaired) electrons. The minimum Gasteiger partial charge on any atom is -0.223 e. The van der Waals surface area contributed by atoms with Gasteiger partial charge in [0.2, 0.25) is 0 Å². The fourth-order valence-corrected chi connectivity index (χ4v) is 2.82. The topological polar surface area (TPSA) is 34.1 Å². The van der Waals surface area contributed by atoms with Gasteiger partial charge in [-0.05, 0) is 36.8 Å². The minimum atomic E-state index is -3.32. The van der Waals surface area contributed by atoms with E-state index in [1.807, 2.05) is 6.92 Å². The van der Waals surface area contributed by atoms with Gasteiger partial charge in [-0.3, -0.25) is 0 Å². The van der Waals surface area contributed by atoms with E-state index in [2.05, 4.69) is 0 Å². The average molecular weight is 290 g/mol. The van der Waals surface area contributed by atoms with Crippen LogP contribution >= 0.6 is 0 Å². The summed E-state index contributed by atoms with van der Waals surface area (Å²) in [5.74, 6) is -0.387. The SMILES string of the molecule is Cc1ccc(S(=O)(=O)CC=Cc2ccc(F)cc2)cc1. The molecule has 104 valence electrons. The molecular formula is C16H15FO2S. The Hall–Kier alpha value is -1.94. The summed E-state index contributed by atoms with van der Waals surface area (Å²) < 4.78 is 36.9. The summed E-state index contributed by atoms with van der Waals surface area (Å²) >= 11 is 0. The zero-order chi connectivity index (χ0) is 14.6. The van der Waals surface area contributed by atoms with Crippen molar-refractivity contribution in [1.82, 2.24) is 0 Å². The van der Waals surface area contributed by atoms with Gasteiger partial charge >= 0.3 is 0 Å². The Morgan fingerprint density at radius 2 is 1.60 bits per heavy atom. The highest BCUT2D eigenvalue weighted by Crippen LogP contribution is 2.13. The second kappa shape index (κ2) is 6.01. The van der Waals surface area contributed by atoms with Gasteiger partial charge in [0.15, 0.2) is 9.84 Å². The van der Waals surface area contributed by atoms with Crippen LogP contribution in [0.25, 0.3) is 6.08 Å². The Balaban J connectivity index is 2.09. The van der Waals surface area contributed by atoms with Crippen molar-refractivity contribution in [2.75, 3.05) is 5.75 Å². The quantitative estimate of drug-likeness (QED) is 0.862.